The van der Waals surface area contributed by atoms with Gasteiger partial charge in [-0.1, -0.05) is 25.1 Å². The van der Waals surface area contributed by atoms with Gasteiger partial charge in [0, 0.05) is 37.2 Å². The molecule has 196 valence electrons. The number of piperidine rings is 1. The molecule has 1 saturated heterocycles. The van der Waals surface area contributed by atoms with Gasteiger partial charge in [0.2, 0.25) is 5.91 Å². The van der Waals surface area contributed by atoms with Gasteiger partial charge in [0.05, 0.1) is 6.10 Å². The Morgan fingerprint density at radius 1 is 1.22 bits per heavy atom. The normalized spacial score (nSPS) is 17.6. The number of aliphatic hydroxyl groups excluding tert-OH is 1. The minimum absolute atomic E-state index is 0.105. The summed E-state index contributed by atoms with van der Waals surface area (Å²) in [6.07, 6.45) is 3.80. The van der Waals surface area contributed by atoms with E-state index in [-0.39, 0.29) is 30.1 Å². The first kappa shape index (κ1) is 28.0. The SMILES string of the molecule is CC(CSCCN1C(=O)CCC[C@@H]1CC[C@@H](O)Cc1cccc(Oc2cccc(F)c2)c1)CC(=O)O. The monoisotopic (exact) mass is 517 g/mol. The Labute approximate surface area is 216 Å². The lowest BCUT2D eigenvalue weighted by atomic mass is 9.94. The summed E-state index contributed by atoms with van der Waals surface area (Å²) < 4.78 is 19.2. The van der Waals surface area contributed by atoms with Crippen molar-refractivity contribution in [2.75, 3.05) is 18.1 Å². The number of carbonyl (C=O) groups is 2. The predicted molar refractivity (Wildman–Crippen MR) is 140 cm³/mol. The molecule has 0 saturated carbocycles. The van der Waals surface area contributed by atoms with Crippen LogP contribution < -0.4 is 4.74 Å². The van der Waals surface area contributed by atoms with Crippen LogP contribution in [-0.4, -0.2) is 57.2 Å². The van der Waals surface area contributed by atoms with Crippen LogP contribution in [0.15, 0.2) is 48.5 Å². The van der Waals surface area contributed by atoms with E-state index in [9.17, 15) is 19.1 Å². The van der Waals surface area contributed by atoms with Crippen molar-refractivity contribution < 1.29 is 28.9 Å². The van der Waals surface area contributed by atoms with Crippen molar-refractivity contribution in [3.63, 3.8) is 0 Å². The Balaban J connectivity index is 1.46. The fourth-order valence-electron chi connectivity index (χ4n) is 4.57. The van der Waals surface area contributed by atoms with Gasteiger partial charge in [-0.15, -0.1) is 0 Å². The molecular formula is C28H36FNO5S. The van der Waals surface area contributed by atoms with E-state index in [4.69, 9.17) is 9.84 Å². The Hall–Kier alpha value is -2.58. The highest BCUT2D eigenvalue weighted by atomic mass is 32.2. The number of hydrogen-bond acceptors (Lipinski definition) is 5. The second-order valence-corrected chi connectivity index (χ2v) is 10.7. The highest BCUT2D eigenvalue weighted by molar-refractivity contribution is 7.99. The number of benzene rings is 2. The van der Waals surface area contributed by atoms with Crippen LogP contribution in [0, 0.1) is 11.7 Å². The molecule has 0 aromatic heterocycles. The van der Waals surface area contributed by atoms with E-state index in [1.54, 1.807) is 30.0 Å². The molecular weight excluding hydrogens is 481 g/mol. The molecule has 36 heavy (non-hydrogen) atoms. The number of nitrogens with zero attached hydrogens (tertiary/aromatic N) is 1. The number of aliphatic carboxylic acids is 1. The fourth-order valence-corrected chi connectivity index (χ4v) is 5.58. The van der Waals surface area contributed by atoms with E-state index < -0.39 is 12.1 Å². The van der Waals surface area contributed by atoms with Crippen molar-refractivity contribution >= 4 is 23.6 Å². The zero-order valence-corrected chi connectivity index (χ0v) is 21.6. The van der Waals surface area contributed by atoms with Gasteiger partial charge >= 0.3 is 5.97 Å². The van der Waals surface area contributed by atoms with Crippen LogP contribution in [0.25, 0.3) is 0 Å². The molecule has 1 aliphatic rings. The Morgan fingerprint density at radius 2 is 1.97 bits per heavy atom. The number of aliphatic hydroxyl groups is 1. The third kappa shape index (κ3) is 9.47. The molecule has 2 aromatic carbocycles. The van der Waals surface area contributed by atoms with Crippen LogP contribution in [0.2, 0.25) is 0 Å². The maximum absolute atomic E-state index is 13.4. The van der Waals surface area contributed by atoms with Gasteiger partial charge in [0.1, 0.15) is 17.3 Å². The van der Waals surface area contributed by atoms with E-state index >= 15 is 0 Å². The van der Waals surface area contributed by atoms with Crippen molar-refractivity contribution in [1.29, 1.82) is 0 Å². The number of ether oxygens (including phenoxy) is 1. The molecule has 1 aliphatic heterocycles. The summed E-state index contributed by atoms with van der Waals surface area (Å²) in [4.78, 5) is 25.3. The lowest BCUT2D eigenvalue weighted by Gasteiger charge is -2.36. The number of carboxylic acids is 1. The summed E-state index contributed by atoms with van der Waals surface area (Å²) in [6, 6.07) is 13.5. The third-order valence-electron chi connectivity index (χ3n) is 6.33. The van der Waals surface area contributed by atoms with Crippen LogP contribution in [0.5, 0.6) is 11.5 Å². The van der Waals surface area contributed by atoms with Crippen molar-refractivity contribution in [3.05, 3.63) is 59.9 Å². The third-order valence-corrected chi connectivity index (χ3v) is 7.60. The van der Waals surface area contributed by atoms with E-state index in [1.165, 1.54) is 12.1 Å². The lowest BCUT2D eigenvalue weighted by molar-refractivity contribution is -0.138. The molecule has 3 atom stereocenters. The van der Waals surface area contributed by atoms with Gasteiger partial charge in [0.15, 0.2) is 0 Å². The van der Waals surface area contributed by atoms with Crippen LogP contribution >= 0.6 is 11.8 Å². The quantitative estimate of drug-likeness (QED) is 0.321. The molecule has 1 amide bonds. The molecule has 1 fully saturated rings. The minimum atomic E-state index is -0.779. The Morgan fingerprint density at radius 3 is 2.72 bits per heavy atom. The predicted octanol–water partition coefficient (Wildman–Crippen LogP) is 5.53. The largest absolute Gasteiger partial charge is 0.481 e. The summed E-state index contributed by atoms with van der Waals surface area (Å²) in [5.74, 6) is 1.69. The van der Waals surface area contributed by atoms with Crippen LogP contribution in [-0.2, 0) is 16.0 Å². The Kier molecular flexibility index (Phi) is 11.1. The van der Waals surface area contributed by atoms with E-state index in [0.29, 0.717) is 37.3 Å². The maximum atomic E-state index is 13.4. The number of rotatable bonds is 14. The Bertz CT molecular complexity index is 1000. The second kappa shape index (κ2) is 14.2. The summed E-state index contributed by atoms with van der Waals surface area (Å²) in [7, 11) is 0. The number of hydrogen-bond donors (Lipinski definition) is 2. The molecule has 0 spiro atoms. The van der Waals surface area contributed by atoms with Crippen molar-refractivity contribution in [3.8, 4) is 11.5 Å². The first-order chi connectivity index (χ1) is 17.3. The smallest absolute Gasteiger partial charge is 0.303 e. The minimum Gasteiger partial charge on any atom is -0.481 e. The zero-order valence-electron chi connectivity index (χ0n) is 20.8. The van der Waals surface area contributed by atoms with Gasteiger partial charge in [-0.25, -0.2) is 4.39 Å². The summed E-state index contributed by atoms with van der Waals surface area (Å²) in [5, 5.41) is 19.6. The average molecular weight is 518 g/mol. The molecule has 0 radical (unpaired) electrons. The van der Waals surface area contributed by atoms with Crippen LogP contribution in [0.1, 0.15) is 51.0 Å². The highest BCUT2D eigenvalue weighted by Crippen LogP contribution is 2.26. The summed E-state index contributed by atoms with van der Waals surface area (Å²) in [5.41, 5.74) is 0.930. The van der Waals surface area contributed by atoms with Crippen LogP contribution in [0.3, 0.4) is 0 Å². The molecule has 0 bridgehead atoms. The molecule has 1 heterocycles. The maximum Gasteiger partial charge on any atom is 0.303 e. The zero-order chi connectivity index (χ0) is 25.9. The lowest BCUT2D eigenvalue weighted by Crippen LogP contribution is -2.45. The molecule has 8 heteroatoms. The average Bonchev–Trinajstić information content (AvgIpc) is 2.81. The van der Waals surface area contributed by atoms with Gasteiger partial charge in [0.25, 0.3) is 0 Å². The van der Waals surface area contributed by atoms with Gasteiger partial charge in [-0.2, -0.15) is 11.8 Å². The van der Waals surface area contributed by atoms with Gasteiger partial charge in [-0.3, -0.25) is 9.59 Å². The number of amides is 1. The number of thioether (sulfide) groups is 1. The van der Waals surface area contributed by atoms with Gasteiger partial charge < -0.3 is 19.8 Å². The van der Waals surface area contributed by atoms with Crippen LogP contribution in [0.4, 0.5) is 4.39 Å². The fraction of sp³-hybridized carbons (Fsp3) is 0.500. The first-order valence-electron chi connectivity index (χ1n) is 12.6. The van der Waals surface area contributed by atoms with Crippen molar-refractivity contribution in [1.82, 2.24) is 4.90 Å². The first-order valence-corrected chi connectivity index (χ1v) is 13.7. The number of halogens is 1. The second-order valence-electron chi connectivity index (χ2n) is 9.55. The number of carboxylic acid groups (broad SMARTS) is 1. The molecule has 3 rings (SSSR count). The molecule has 1 unspecified atom stereocenters. The standard InChI is InChI=1S/C28H36FNO5S/c1-20(15-28(33)34)19-36-14-13-30-23(7-4-10-27(30)32)11-12-24(31)16-21-5-2-8-25(17-21)35-26-9-3-6-22(29)18-26/h2-3,5-6,8-9,17-18,20,23-24,31H,4,7,10-16,19H2,1H3,(H,33,34)/t20?,23-,24-/m1/s1. The summed E-state index contributed by atoms with van der Waals surface area (Å²) >= 11 is 1.69. The van der Waals surface area contributed by atoms with Crippen molar-refractivity contribution in [2.24, 2.45) is 5.92 Å². The highest BCUT2D eigenvalue weighted by Gasteiger charge is 2.28. The molecule has 2 N–H and O–H groups in total. The number of carbonyl (C=O) groups excluding carboxylic acids is 1. The molecule has 6 nitrogen and oxygen atoms in total. The van der Waals surface area contributed by atoms with Gasteiger partial charge in [-0.05, 0) is 73.6 Å². The van der Waals surface area contributed by atoms with E-state index in [1.807, 2.05) is 30.0 Å². The van der Waals surface area contributed by atoms with Crippen molar-refractivity contribution in [2.45, 2.75) is 64.0 Å². The van der Waals surface area contributed by atoms with E-state index in [2.05, 4.69) is 0 Å². The molecule has 0 aliphatic carbocycles. The van der Waals surface area contributed by atoms with E-state index in [0.717, 1.165) is 36.3 Å². The molecule has 2 aromatic rings. The topological polar surface area (TPSA) is 87.1 Å². The summed E-state index contributed by atoms with van der Waals surface area (Å²) in [6.45, 7) is 2.59. The number of likely N-dealkylation sites (tertiary alicyclic amines) is 1.